The first-order valence-electron chi connectivity index (χ1n) is 2.94. The van der Waals surface area contributed by atoms with Crippen LogP contribution in [0.3, 0.4) is 0 Å². The molecule has 3 nitrogen and oxygen atoms in total. The summed E-state index contributed by atoms with van der Waals surface area (Å²) in [6, 6.07) is 0. The Labute approximate surface area is 77.2 Å². The molecule has 1 rings (SSSR count). The van der Waals surface area contributed by atoms with Crippen LogP contribution in [0.25, 0.3) is 0 Å². The van der Waals surface area contributed by atoms with Gasteiger partial charge in [-0.15, -0.1) is 11.3 Å². The summed E-state index contributed by atoms with van der Waals surface area (Å²) in [5.74, 6) is -0.00630. The van der Waals surface area contributed by atoms with E-state index in [0.29, 0.717) is 4.88 Å². The third-order valence-electron chi connectivity index (χ3n) is 1.09. The molecule has 0 bridgehead atoms. The second-order valence-corrected chi connectivity index (χ2v) is 4.48. The van der Waals surface area contributed by atoms with Gasteiger partial charge in [-0.05, 0) is 15.9 Å². The highest BCUT2D eigenvalue weighted by Crippen LogP contribution is 2.18. The summed E-state index contributed by atoms with van der Waals surface area (Å²) in [6.45, 7) is 0. The van der Waals surface area contributed by atoms with Crippen LogP contribution in [0.1, 0.15) is 9.67 Å². The van der Waals surface area contributed by atoms with Gasteiger partial charge in [0.2, 0.25) is 0 Å². The smallest absolute Gasteiger partial charge is 0.265 e. The van der Waals surface area contributed by atoms with E-state index in [1.54, 1.807) is 20.3 Å². The van der Waals surface area contributed by atoms with Crippen molar-refractivity contribution in [1.82, 2.24) is 9.88 Å². The van der Waals surface area contributed by atoms with Crippen molar-refractivity contribution in [3.63, 3.8) is 0 Å². The summed E-state index contributed by atoms with van der Waals surface area (Å²) in [5, 5.41) is 0. The molecule has 1 aromatic heterocycles. The van der Waals surface area contributed by atoms with Crippen molar-refractivity contribution >= 4 is 33.2 Å². The second kappa shape index (κ2) is 3.32. The van der Waals surface area contributed by atoms with Crippen LogP contribution in [0.4, 0.5) is 0 Å². The van der Waals surface area contributed by atoms with Crippen LogP contribution < -0.4 is 0 Å². The summed E-state index contributed by atoms with van der Waals surface area (Å²) >= 11 is 4.52. The number of halogens is 1. The average Bonchev–Trinajstić information content (AvgIpc) is 2.34. The molecule has 0 atom stereocenters. The minimum absolute atomic E-state index is 0.00630. The highest BCUT2D eigenvalue weighted by atomic mass is 79.9. The van der Waals surface area contributed by atoms with Gasteiger partial charge >= 0.3 is 0 Å². The number of carbonyl (C=O) groups is 1. The van der Waals surface area contributed by atoms with Gasteiger partial charge in [0.15, 0.2) is 3.92 Å². The Balaban J connectivity index is 2.85. The van der Waals surface area contributed by atoms with Gasteiger partial charge < -0.3 is 4.90 Å². The highest BCUT2D eigenvalue weighted by Gasteiger charge is 2.10. The Morgan fingerprint density at radius 1 is 1.73 bits per heavy atom. The van der Waals surface area contributed by atoms with E-state index in [1.807, 2.05) is 0 Å². The predicted molar refractivity (Wildman–Crippen MR) is 47.8 cm³/mol. The van der Waals surface area contributed by atoms with Gasteiger partial charge in [0.05, 0.1) is 6.20 Å². The summed E-state index contributed by atoms with van der Waals surface area (Å²) in [4.78, 5) is 17.3. The fraction of sp³-hybridized carbons (Fsp3) is 0.333. The highest BCUT2D eigenvalue weighted by molar-refractivity contribution is 9.11. The zero-order valence-electron chi connectivity index (χ0n) is 6.17. The number of rotatable bonds is 1. The second-order valence-electron chi connectivity index (χ2n) is 2.18. The zero-order valence-corrected chi connectivity index (χ0v) is 8.57. The number of amides is 1. The van der Waals surface area contributed by atoms with Gasteiger partial charge in [-0.1, -0.05) is 0 Å². The molecule has 0 aromatic carbocycles. The molecular formula is C6H7BrN2OS. The maximum Gasteiger partial charge on any atom is 0.265 e. The lowest BCUT2D eigenvalue weighted by Gasteiger charge is -2.06. The fourth-order valence-electron chi connectivity index (χ4n) is 0.572. The van der Waals surface area contributed by atoms with Crippen LogP contribution in [0.5, 0.6) is 0 Å². The molecule has 1 aromatic rings. The number of hydrogen-bond donors (Lipinski definition) is 0. The van der Waals surface area contributed by atoms with Gasteiger partial charge in [0.25, 0.3) is 5.91 Å². The lowest BCUT2D eigenvalue weighted by Crippen LogP contribution is -2.20. The maximum atomic E-state index is 11.2. The lowest BCUT2D eigenvalue weighted by atomic mass is 10.5. The van der Waals surface area contributed by atoms with Crippen molar-refractivity contribution in [3.8, 4) is 0 Å². The number of carbonyl (C=O) groups excluding carboxylic acids is 1. The quantitative estimate of drug-likeness (QED) is 0.740. The van der Waals surface area contributed by atoms with E-state index in [1.165, 1.54) is 16.2 Å². The van der Waals surface area contributed by atoms with E-state index in [2.05, 4.69) is 20.9 Å². The Kier molecular flexibility index (Phi) is 2.62. The van der Waals surface area contributed by atoms with Crippen LogP contribution >= 0.6 is 27.3 Å². The molecule has 0 spiro atoms. The first kappa shape index (κ1) is 8.67. The summed E-state index contributed by atoms with van der Waals surface area (Å²) in [7, 11) is 3.44. The molecule has 0 N–H and O–H groups in total. The van der Waals surface area contributed by atoms with E-state index in [4.69, 9.17) is 0 Å². The van der Waals surface area contributed by atoms with Crippen LogP contribution in [0.15, 0.2) is 10.1 Å². The minimum atomic E-state index is -0.00630. The SMILES string of the molecule is CN(C)C(=O)c1cnc(Br)s1. The van der Waals surface area contributed by atoms with Crippen molar-refractivity contribution in [1.29, 1.82) is 0 Å². The molecule has 0 saturated carbocycles. The van der Waals surface area contributed by atoms with Gasteiger partial charge in [-0.25, -0.2) is 4.98 Å². The minimum Gasteiger partial charge on any atom is -0.344 e. The Morgan fingerprint density at radius 3 is 2.73 bits per heavy atom. The lowest BCUT2D eigenvalue weighted by molar-refractivity contribution is 0.0832. The molecule has 0 radical (unpaired) electrons. The first-order valence-corrected chi connectivity index (χ1v) is 4.55. The monoisotopic (exact) mass is 234 g/mol. The Hall–Kier alpha value is -0.420. The Bertz CT molecular complexity index is 271. The molecule has 0 aliphatic rings. The van der Waals surface area contributed by atoms with E-state index in [0.717, 1.165) is 3.92 Å². The van der Waals surface area contributed by atoms with Crippen molar-refractivity contribution < 1.29 is 4.79 Å². The molecule has 11 heavy (non-hydrogen) atoms. The molecule has 1 heterocycles. The topological polar surface area (TPSA) is 33.2 Å². The van der Waals surface area contributed by atoms with Crippen molar-refractivity contribution in [2.24, 2.45) is 0 Å². The molecular weight excluding hydrogens is 228 g/mol. The third-order valence-corrected chi connectivity index (χ3v) is 2.56. The van der Waals surface area contributed by atoms with E-state index >= 15 is 0 Å². The van der Waals surface area contributed by atoms with E-state index in [9.17, 15) is 4.79 Å². The molecule has 0 unspecified atom stereocenters. The molecule has 1 amide bonds. The molecule has 0 aliphatic carbocycles. The first-order chi connectivity index (χ1) is 5.11. The van der Waals surface area contributed by atoms with Gasteiger partial charge in [-0.2, -0.15) is 0 Å². The van der Waals surface area contributed by atoms with E-state index in [-0.39, 0.29) is 5.91 Å². The molecule has 0 saturated heterocycles. The fourth-order valence-corrected chi connectivity index (χ4v) is 1.86. The average molecular weight is 235 g/mol. The van der Waals surface area contributed by atoms with Crippen LogP contribution in [0.2, 0.25) is 0 Å². The largest absolute Gasteiger partial charge is 0.344 e. The number of aromatic nitrogens is 1. The maximum absolute atomic E-state index is 11.2. The van der Waals surface area contributed by atoms with Crippen molar-refractivity contribution in [2.75, 3.05) is 14.1 Å². The summed E-state index contributed by atoms with van der Waals surface area (Å²) in [6.07, 6.45) is 1.57. The third kappa shape index (κ3) is 2.00. The van der Waals surface area contributed by atoms with Crippen LogP contribution in [-0.2, 0) is 0 Å². The number of thiazole rings is 1. The number of nitrogens with zero attached hydrogens (tertiary/aromatic N) is 2. The van der Waals surface area contributed by atoms with Gasteiger partial charge in [-0.3, -0.25) is 4.79 Å². The van der Waals surface area contributed by atoms with Crippen LogP contribution in [-0.4, -0.2) is 29.9 Å². The summed E-state index contributed by atoms with van der Waals surface area (Å²) in [5.41, 5.74) is 0. The van der Waals surface area contributed by atoms with Crippen molar-refractivity contribution in [3.05, 3.63) is 15.0 Å². The molecule has 0 aliphatic heterocycles. The van der Waals surface area contributed by atoms with Gasteiger partial charge in [0, 0.05) is 14.1 Å². The molecule has 60 valence electrons. The van der Waals surface area contributed by atoms with E-state index < -0.39 is 0 Å². The standard InChI is InChI=1S/C6H7BrN2OS/c1-9(2)5(10)4-3-8-6(7)11-4/h3H,1-2H3. The predicted octanol–water partition coefficient (Wildman–Crippen LogP) is 1.61. The summed E-state index contributed by atoms with van der Waals surface area (Å²) < 4.78 is 0.739. The van der Waals surface area contributed by atoms with Gasteiger partial charge in [0.1, 0.15) is 4.88 Å². The molecule has 0 fully saturated rings. The Morgan fingerprint density at radius 2 is 2.36 bits per heavy atom. The normalized spacial score (nSPS) is 9.73. The van der Waals surface area contributed by atoms with Crippen LogP contribution in [0, 0.1) is 0 Å². The molecule has 5 heteroatoms. The van der Waals surface area contributed by atoms with Crippen molar-refractivity contribution in [2.45, 2.75) is 0 Å². The zero-order chi connectivity index (χ0) is 8.43. The number of hydrogen-bond acceptors (Lipinski definition) is 3.